The number of anilines is 1. The number of carboxylic acids is 1. The molecule has 6 heteroatoms. The van der Waals surface area contributed by atoms with Gasteiger partial charge in [-0.25, -0.2) is 4.79 Å². The molecule has 0 saturated carbocycles. The number of halogens is 1. The molecule has 2 aromatic rings. The average Bonchev–Trinajstić information content (AvgIpc) is 2.60. The minimum absolute atomic E-state index is 0.0370. The van der Waals surface area contributed by atoms with E-state index in [-0.39, 0.29) is 17.9 Å². The highest BCUT2D eigenvalue weighted by Crippen LogP contribution is 2.30. The molecule has 5 nitrogen and oxygen atoms in total. The Morgan fingerprint density at radius 2 is 1.96 bits per heavy atom. The van der Waals surface area contributed by atoms with E-state index in [2.05, 4.69) is 35.1 Å². The Bertz CT molecular complexity index is 776. The smallest absolute Gasteiger partial charge is 0.337 e. The second kappa shape index (κ2) is 8.67. The minimum atomic E-state index is -1.10. The summed E-state index contributed by atoms with van der Waals surface area (Å²) < 4.78 is 6.31. The molecule has 0 aliphatic heterocycles. The number of carbonyl (C=O) groups is 2. The van der Waals surface area contributed by atoms with Gasteiger partial charge in [-0.3, -0.25) is 4.79 Å². The maximum atomic E-state index is 12.0. The zero-order valence-electron chi connectivity index (χ0n) is 14.1. The summed E-state index contributed by atoms with van der Waals surface area (Å²) >= 11 is 3.46. The molecular weight excluding hydrogens is 386 g/mol. The van der Waals surface area contributed by atoms with Crippen LogP contribution >= 0.6 is 15.9 Å². The molecule has 0 fully saturated rings. The minimum Gasteiger partial charge on any atom is -0.483 e. The Morgan fingerprint density at radius 3 is 2.60 bits per heavy atom. The van der Waals surface area contributed by atoms with Crippen LogP contribution in [0.4, 0.5) is 5.69 Å². The topological polar surface area (TPSA) is 75.6 Å². The largest absolute Gasteiger partial charge is 0.483 e. The number of aromatic carboxylic acids is 1. The summed E-state index contributed by atoms with van der Waals surface area (Å²) in [7, 11) is 0. The fraction of sp³-hybridized carbons (Fsp3) is 0.263. The van der Waals surface area contributed by atoms with Crippen molar-refractivity contribution in [2.45, 2.75) is 26.2 Å². The van der Waals surface area contributed by atoms with Gasteiger partial charge in [0.25, 0.3) is 5.91 Å². The SMILES string of the molecule is CCC(C)c1ccc(OCC(=O)Nc2ccccc2C(=O)O)c(Br)c1. The van der Waals surface area contributed by atoms with E-state index in [0.717, 1.165) is 10.9 Å². The quantitative estimate of drug-likeness (QED) is 0.700. The van der Waals surface area contributed by atoms with Crippen LogP contribution in [0.3, 0.4) is 0 Å². The van der Waals surface area contributed by atoms with Crippen molar-refractivity contribution >= 4 is 33.5 Å². The molecule has 0 heterocycles. The third-order valence-corrected chi connectivity index (χ3v) is 4.55. The van der Waals surface area contributed by atoms with Gasteiger partial charge in [0.05, 0.1) is 15.7 Å². The summed E-state index contributed by atoms with van der Waals surface area (Å²) in [6.45, 7) is 4.06. The van der Waals surface area contributed by atoms with Gasteiger partial charge in [-0.1, -0.05) is 32.0 Å². The number of carbonyl (C=O) groups excluding carboxylic acids is 1. The van der Waals surface area contributed by atoms with E-state index < -0.39 is 11.9 Å². The molecule has 2 N–H and O–H groups in total. The first-order valence-corrected chi connectivity index (χ1v) is 8.76. The van der Waals surface area contributed by atoms with Crippen molar-refractivity contribution in [2.24, 2.45) is 0 Å². The Kier molecular flexibility index (Phi) is 6.58. The van der Waals surface area contributed by atoms with Gasteiger partial charge in [-0.15, -0.1) is 0 Å². The standard InChI is InChI=1S/C19H20BrNO4/c1-3-12(2)13-8-9-17(15(20)10-13)25-11-18(22)21-16-7-5-4-6-14(16)19(23)24/h4-10,12H,3,11H2,1-2H3,(H,21,22)(H,23,24). The van der Waals surface area contributed by atoms with Gasteiger partial charge in [0.15, 0.2) is 6.61 Å². The summed E-state index contributed by atoms with van der Waals surface area (Å²) in [5.74, 6) is -0.512. The molecule has 2 rings (SSSR count). The lowest BCUT2D eigenvalue weighted by atomic mass is 9.99. The molecule has 0 aromatic heterocycles. The van der Waals surface area contributed by atoms with Crippen LogP contribution in [0.2, 0.25) is 0 Å². The van der Waals surface area contributed by atoms with E-state index in [0.29, 0.717) is 11.7 Å². The van der Waals surface area contributed by atoms with E-state index in [1.165, 1.54) is 17.7 Å². The van der Waals surface area contributed by atoms with Crippen LogP contribution in [0.15, 0.2) is 46.9 Å². The van der Waals surface area contributed by atoms with Gasteiger partial charge in [-0.2, -0.15) is 0 Å². The highest BCUT2D eigenvalue weighted by molar-refractivity contribution is 9.10. The van der Waals surface area contributed by atoms with Gasteiger partial charge < -0.3 is 15.2 Å². The van der Waals surface area contributed by atoms with E-state index in [9.17, 15) is 9.59 Å². The predicted octanol–water partition coefficient (Wildman–Crippen LogP) is 4.68. The van der Waals surface area contributed by atoms with E-state index in [1.54, 1.807) is 12.1 Å². The molecule has 0 aliphatic rings. The van der Waals surface area contributed by atoms with Crippen LogP contribution in [-0.2, 0) is 4.79 Å². The molecule has 1 unspecified atom stereocenters. The first kappa shape index (κ1) is 19.0. The number of hydrogen-bond donors (Lipinski definition) is 2. The van der Waals surface area contributed by atoms with Crippen molar-refractivity contribution < 1.29 is 19.4 Å². The van der Waals surface area contributed by atoms with Crippen molar-refractivity contribution in [3.8, 4) is 5.75 Å². The van der Waals surface area contributed by atoms with E-state index in [4.69, 9.17) is 9.84 Å². The molecule has 1 amide bonds. The van der Waals surface area contributed by atoms with Gasteiger partial charge in [0.1, 0.15) is 5.75 Å². The van der Waals surface area contributed by atoms with Gasteiger partial charge in [0.2, 0.25) is 0 Å². The van der Waals surface area contributed by atoms with E-state index in [1.807, 2.05) is 18.2 Å². The molecule has 2 aromatic carbocycles. The van der Waals surface area contributed by atoms with E-state index >= 15 is 0 Å². The molecule has 0 aliphatic carbocycles. The number of benzene rings is 2. The third-order valence-electron chi connectivity index (χ3n) is 3.93. The van der Waals surface area contributed by atoms with Crippen LogP contribution in [0.25, 0.3) is 0 Å². The predicted molar refractivity (Wildman–Crippen MR) is 100 cm³/mol. The number of hydrogen-bond acceptors (Lipinski definition) is 3. The fourth-order valence-electron chi connectivity index (χ4n) is 2.28. The number of rotatable bonds is 7. The van der Waals surface area contributed by atoms with Crippen molar-refractivity contribution in [2.75, 3.05) is 11.9 Å². The molecule has 0 spiro atoms. The summed E-state index contributed by atoms with van der Waals surface area (Å²) in [6.07, 6.45) is 1.04. The second-order valence-corrected chi connectivity index (χ2v) is 6.54. The zero-order chi connectivity index (χ0) is 18.4. The van der Waals surface area contributed by atoms with Crippen LogP contribution in [0.1, 0.15) is 42.1 Å². The van der Waals surface area contributed by atoms with Crippen molar-refractivity contribution in [3.63, 3.8) is 0 Å². The van der Waals surface area contributed by atoms with Gasteiger partial charge in [0, 0.05) is 0 Å². The number of carboxylic acid groups (broad SMARTS) is 1. The van der Waals surface area contributed by atoms with Crippen LogP contribution < -0.4 is 10.1 Å². The molecule has 1 atom stereocenters. The lowest BCUT2D eigenvalue weighted by Crippen LogP contribution is -2.21. The second-order valence-electron chi connectivity index (χ2n) is 5.69. The molecule has 0 radical (unpaired) electrons. The monoisotopic (exact) mass is 405 g/mol. The summed E-state index contributed by atoms with van der Waals surface area (Å²) in [4.78, 5) is 23.2. The lowest BCUT2D eigenvalue weighted by molar-refractivity contribution is -0.118. The van der Waals surface area contributed by atoms with Crippen LogP contribution in [0.5, 0.6) is 5.75 Å². The Balaban J connectivity index is 2.00. The maximum Gasteiger partial charge on any atom is 0.337 e. The normalized spacial score (nSPS) is 11.6. The number of para-hydroxylation sites is 1. The first-order chi connectivity index (χ1) is 11.9. The van der Waals surface area contributed by atoms with Crippen molar-refractivity contribution in [1.82, 2.24) is 0 Å². The van der Waals surface area contributed by atoms with Crippen LogP contribution in [0, 0.1) is 0 Å². The fourth-order valence-corrected chi connectivity index (χ4v) is 2.80. The van der Waals surface area contributed by atoms with Crippen LogP contribution in [-0.4, -0.2) is 23.6 Å². The van der Waals surface area contributed by atoms with Gasteiger partial charge in [-0.05, 0) is 58.1 Å². The summed E-state index contributed by atoms with van der Waals surface area (Å²) in [5.41, 5.74) is 1.48. The average molecular weight is 406 g/mol. The molecule has 0 bridgehead atoms. The molecule has 132 valence electrons. The molecular formula is C19H20BrNO4. The molecule has 0 saturated heterocycles. The van der Waals surface area contributed by atoms with Crippen molar-refractivity contribution in [1.29, 1.82) is 0 Å². The van der Waals surface area contributed by atoms with Gasteiger partial charge >= 0.3 is 5.97 Å². The highest BCUT2D eigenvalue weighted by Gasteiger charge is 2.13. The number of nitrogens with one attached hydrogen (secondary N) is 1. The zero-order valence-corrected chi connectivity index (χ0v) is 15.7. The van der Waals surface area contributed by atoms with Crippen molar-refractivity contribution in [3.05, 3.63) is 58.1 Å². The Hall–Kier alpha value is -2.34. The third kappa shape index (κ3) is 5.06. The highest BCUT2D eigenvalue weighted by atomic mass is 79.9. The Labute approximate surface area is 155 Å². The molecule has 25 heavy (non-hydrogen) atoms. The number of ether oxygens (including phenoxy) is 1. The Morgan fingerprint density at radius 1 is 1.24 bits per heavy atom. The first-order valence-electron chi connectivity index (χ1n) is 7.96. The number of amides is 1. The summed E-state index contributed by atoms with van der Waals surface area (Å²) in [5, 5.41) is 11.7. The summed E-state index contributed by atoms with van der Waals surface area (Å²) in [6, 6.07) is 12.0. The maximum absolute atomic E-state index is 12.0. The lowest BCUT2D eigenvalue weighted by Gasteiger charge is -2.13.